The van der Waals surface area contributed by atoms with Gasteiger partial charge in [-0.25, -0.2) is 10.0 Å². The Kier molecular flexibility index (Phi) is 7.20. The second kappa shape index (κ2) is 7.24. The molecule has 0 aliphatic carbocycles. The van der Waals surface area contributed by atoms with Crippen molar-refractivity contribution in [1.82, 2.24) is 10.0 Å². The van der Waals surface area contributed by atoms with Crippen LogP contribution in [0.2, 0.25) is 0 Å². The van der Waals surface area contributed by atoms with Crippen molar-refractivity contribution in [2.75, 3.05) is 19.6 Å². The molecule has 2 heteroatoms. The Morgan fingerprint density at radius 1 is 0.929 bits per heavy atom. The molecule has 0 spiro atoms. The smallest absolute Gasteiger partial charge is 0.0214 e. The average molecular weight is 200 g/mol. The van der Waals surface area contributed by atoms with Crippen molar-refractivity contribution in [1.29, 1.82) is 0 Å². The Labute approximate surface area is 90.2 Å². The molecule has 0 saturated heterocycles. The summed E-state index contributed by atoms with van der Waals surface area (Å²) in [7, 11) is 0. The monoisotopic (exact) mass is 200 g/mol. The van der Waals surface area contributed by atoms with Gasteiger partial charge in [-0.3, -0.25) is 0 Å². The van der Waals surface area contributed by atoms with Crippen molar-refractivity contribution in [3.05, 3.63) is 0 Å². The van der Waals surface area contributed by atoms with E-state index < -0.39 is 0 Å². The van der Waals surface area contributed by atoms with Crippen LogP contribution in [0.3, 0.4) is 0 Å². The van der Waals surface area contributed by atoms with Crippen molar-refractivity contribution < 1.29 is 0 Å². The predicted octanol–water partition coefficient (Wildman–Crippen LogP) is 3.00. The summed E-state index contributed by atoms with van der Waals surface area (Å²) in [5.74, 6) is 0.744. The highest BCUT2D eigenvalue weighted by Crippen LogP contribution is 2.09. The third-order valence-corrected chi connectivity index (χ3v) is 2.73. The Morgan fingerprint density at radius 2 is 1.50 bits per heavy atom. The first kappa shape index (κ1) is 13.9. The molecule has 1 atom stereocenters. The van der Waals surface area contributed by atoms with Crippen LogP contribution in [0.1, 0.15) is 48.0 Å². The average Bonchev–Trinajstić information content (AvgIpc) is 2.16. The molecule has 0 aliphatic rings. The minimum absolute atomic E-state index is 0.665. The molecule has 0 fully saturated rings. The topological polar surface area (TPSA) is 6.48 Å². The molecule has 0 N–H and O–H groups in total. The van der Waals surface area contributed by atoms with Gasteiger partial charge in [0.25, 0.3) is 0 Å². The summed E-state index contributed by atoms with van der Waals surface area (Å²) in [6, 6.07) is 0.665. The van der Waals surface area contributed by atoms with E-state index in [0.717, 1.165) is 19.0 Å². The number of rotatable bonds is 7. The molecule has 0 bridgehead atoms. The lowest BCUT2D eigenvalue weighted by atomic mass is 10.2. The summed E-state index contributed by atoms with van der Waals surface area (Å²) in [6.07, 6.45) is 1.22. The highest BCUT2D eigenvalue weighted by Gasteiger charge is 2.17. The van der Waals surface area contributed by atoms with Gasteiger partial charge in [-0.1, -0.05) is 34.6 Å². The lowest BCUT2D eigenvalue weighted by Gasteiger charge is -2.38. The second-order valence-electron chi connectivity index (χ2n) is 4.41. The van der Waals surface area contributed by atoms with Crippen LogP contribution in [0.4, 0.5) is 0 Å². The van der Waals surface area contributed by atoms with Crippen LogP contribution in [0, 0.1) is 5.92 Å². The predicted molar refractivity (Wildman–Crippen MR) is 64.2 cm³/mol. The van der Waals surface area contributed by atoms with Gasteiger partial charge in [0.1, 0.15) is 0 Å². The van der Waals surface area contributed by atoms with Crippen molar-refractivity contribution in [3.8, 4) is 0 Å². The molecule has 0 amide bonds. The van der Waals surface area contributed by atoms with Crippen LogP contribution >= 0.6 is 0 Å². The zero-order valence-electron chi connectivity index (χ0n) is 10.9. The van der Waals surface area contributed by atoms with Gasteiger partial charge in [-0.2, -0.15) is 0 Å². The van der Waals surface area contributed by atoms with Crippen LogP contribution < -0.4 is 0 Å². The van der Waals surface area contributed by atoms with Crippen LogP contribution in [-0.2, 0) is 0 Å². The Bertz CT molecular complexity index is 134. The highest BCUT2D eigenvalue weighted by molar-refractivity contribution is 4.64. The Hall–Kier alpha value is -0.0800. The van der Waals surface area contributed by atoms with E-state index in [1.165, 1.54) is 13.0 Å². The molecule has 0 heterocycles. The maximum atomic E-state index is 2.50. The fourth-order valence-corrected chi connectivity index (χ4v) is 1.84. The SMILES string of the molecule is CCC(C)N(CC)N(CC)CC(C)C. The molecule has 0 aromatic heterocycles. The minimum Gasteiger partial charge on any atom is -0.242 e. The van der Waals surface area contributed by atoms with E-state index in [4.69, 9.17) is 0 Å². The van der Waals surface area contributed by atoms with Crippen LogP contribution in [0.5, 0.6) is 0 Å². The number of nitrogens with zero attached hydrogens (tertiary/aromatic N) is 2. The fraction of sp³-hybridized carbons (Fsp3) is 1.00. The van der Waals surface area contributed by atoms with Crippen molar-refractivity contribution >= 4 is 0 Å². The molecule has 2 nitrogen and oxygen atoms in total. The molecule has 0 radical (unpaired) electrons. The van der Waals surface area contributed by atoms with E-state index in [1.807, 2.05) is 0 Å². The van der Waals surface area contributed by atoms with E-state index >= 15 is 0 Å². The zero-order valence-corrected chi connectivity index (χ0v) is 10.9. The molecule has 86 valence electrons. The Morgan fingerprint density at radius 3 is 1.79 bits per heavy atom. The first-order valence-electron chi connectivity index (χ1n) is 6.08. The van der Waals surface area contributed by atoms with Gasteiger partial charge < -0.3 is 0 Å². The van der Waals surface area contributed by atoms with Gasteiger partial charge in [0, 0.05) is 25.7 Å². The van der Waals surface area contributed by atoms with E-state index in [-0.39, 0.29) is 0 Å². The molecule has 14 heavy (non-hydrogen) atoms. The number of hydrogen-bond donors (Lipinski definition) is 0. The molecule has 0 rings (SSSR count). The van der Waals surface area contributed by atoms with E-state index in [2.05, 4.69) is 51.6 Å². The maximum Gasteiger partial charge on any atom is 0.0214 e. The van der Waals surface area contributed by atoms with Crippen molar-refractivity contribution in [2.45, 2.75) is 54.0 Å². The van der Waals surface area contributed by atoms with Crippen molar-refractivity contribution in [2.24, 2.45) is 5.92 Å². The zero-order chi connectivity index (χ0) is 11.1. The van der Waals surface area contributed by atoms with Gasteiger partial charge in [0.15, 0.2) is 0 Å². The van der Waals surface area contributed by atoms with Gasteiger partial charge in [-0.05, 0) is 19.3 Å². The summed E-state index contributed by atoms with van der Waals surface area (Å²) < 4.78 is 0. The summed E-state index contributed by atoms with van der Waals surface area (Å²) >= 11 is 0. The second-order valence-corrected chi connectivity index (χ2v) is 4.41. The number of hydrogen-bond acceptors (Lipinski definition) is 2. The largest absolute Gasteiger partial charge is 0.242 e. The molecule has 0 aromatic carbocycles. The van der Waals surface area contributed by atoms with Crippen molar-refractivity contribution in [3.63, 3.8) is 0 Å². The number of hydrazine groups is 1. The summed E-state index contributed by atoms with van der Waals surface area (Å²) in [6.45, 7) is 17.0. The molecular formula is C12H28N2. The quantitative estimate of drug-likeness (QED) is 0.583. The van der Waals surface area contributed by atoms with E-state index in [1.54, 1.807) is 0 Å². The fourth-order valence-electron chi connectivity index (χ4n) is 1.84. The molecule has 0 saturated carbocycles. The lowest BCUT2D eigenvalue weighted by Crippen LogP contribution is -2.48. The van der Waals surface area contributed by atoms with Gasteiger partial charge in [0.05, 0.1) is 0 Å². The van der Waals surface area contributed by atoms with Crippen LogP contribution in [0.25, 0.3) is 0 Å². The first-order chi connectivity index (χ1) is 6.56. The van der Waals surface area contributed by atoms with Crippen LogP contribution in [0.15, 0.2) is 0 Å². The van der Waals surface area contributed by atoms with Crippen LogP contribution in [-0.4, -0.2) is 35.7 Å². The molecule has 0 aromatic rings. The van der Waals surface area contributed by atoms with Gasteiger partial charge in [-0.15, -0.1) is 0 Å². The normalized spacial score (nSPS) is 14.4. The minimum atomic E-state index is 0.665. The third kappa shape index (κ3) is 4.43. The van der Waals surface area contributed by atoms with Gasteiger partial charge in [0.2, 0.25) is 0 Å². The highest BCUT2D eigenvalue weighted by atomic mass is 15.6. The Balaban J connectivity index is 4.28. The molecule has 1 unspecified atom stereocenters. The third-order valence-electron chi connectivity index (χ3n) is 2.73. The summed E-state index contributed by atoms with van der Waals surface area (Å²) in [5.41, 5.74) is 0. The van der Waals surface area contributed by atoms with E-state index in [9.17, 15) is 0 Å². The van der Waals surface area contributed by atoms with Gasteiger partial charge >= 0.3 is 0 Å². The lowest BCUT2D eigenvalue weighted by molar-refractivity contribution is -0.0563. The summed E-state index contributed by atoms with van der Waals surface area (Å²) in [5, 5.41) is 4.98. The standard InChI is InChI=1S/C12H28N2/c1-7-12(6)14(9-3)13(8-2)10-11(4)5/h11-12H,7-10H2,1-6H3. The summed E-state index contributed by atoms with van der Waals surface area (Å²) in [4.78, 5) is 0. The first-order valence-corrected chi connectivity index (χ1v) is 6.08. The molecule has 0 aliphatic heterocycles. The van der Waals surface area contributed by atoms with E-state index in [0.29, 0.717) is 6.04 Å². The maximum absolute atomic E-state index is 2.50. The molecular weight excluding hydrogens is 172 g/mol.